The number of aromatic amines is 1. The summed E-state index contributed by atoms with van der Waals surface area (Å²) >= 11 is 0. The van der Waals surface area contributed by atoms with Gasteiger partial charge in [0.1, 0.15) is 11.7 Å². The molecular formula is C16H19N3O3. The van der Waals surface area contributed by atoms with Gasteiger partial charge in [-0.15, -0.1) is 0 Å². The van der Waals surface area contributed by atoms with Crippen LogP contribution in [0.25, 0.3) is 11.3 Å². The lowest BCUT2D eigenvalue weighted by Crippen LogP contribution is -2.40. The minimum atomic E-state index is -1.05. The van der Waals surface area contributed by atoms with Crippen LogP contribution in [0.5, 0.6) is 0 Å². The van der Waals surface area contributed by atoms with Crippen molar-refractivity contribution < 1.29 is 14.7 Å². The Morgan fingerprint density at radius 3 is 2.55 bits per heavy atom. The molecule has 1 aromatic heterocycles. The minimum absolute atomic E-state index is 0.269. The average Bonchev–Trinajstić information content (AvgIpc) is 2.94. The first-order valence-electron chi connectivity index (χ1n) is 6.94. The van der Waals surface area contributed by atoms with Crippen molar-refractivity contribution in [2.45, 2.75) is 26.8 Å². The lowest BCUT2D eigenvalue weighted by molar-refractivity contribution is -0.141. The Morgan fingerprint density at radius 2 is 1.95 bits per heavy atom. The molecule has 0 aliphatic heterocycles. The lowest BCUT2D eigenvalue weighted by Gasteiger charge is -2.20. The van der Waals surface area contributed by atoms with E-state index in [1.807, 2.05) is 32.0 Å². The van der Waals surface area contributed by atoms with Crippen molar-refractivity contribution >= 4 is 11.9 Å². The first-order valence-corrected chi connectivity index (χ1v) is 6.94. The topological polar surface area (TPSA) is 86.3 Å². The van der Waals surface area contributed by atoms with E-state index in [1.54, 1.807) is 6.07 Å². The molecule has 2 rings (SSSR count). The number of aliphatic carboxylic acids is 1. The van der Waals surface area contributed by atoms with Gasteiger partial charge in [0.15, 0.2) is 0 Å². The molecule has 1 unspecified atom stereocenters. The van der Waals surface area contributed by atoms with Gasteiger partial charge in [0.05, 0.1) is 5.69 Å². The molecule has 0 saturated carbocycles. The van der Waals surface area contributed by atoms with Gasteiger partial charge in [-0.25, -0.2) is 4.79 Å². The van der Waals surface area contributed by atoms with Crippen molar-refractivity contribution in [3.63, 3.8) is 0 Å². The standard InChI is InChI=1S/C16H19N3O3/c1-9-5-6-12(10(2)7-9)13-8-14(18-17-13)15(20)19(4)11(3)16(21)22/h5-8,11H,1-4H3,(H,17,18)(H,21,22). The molecule has 6 nitrogen and oxygen atoms in total. The highest BCUT2D eigenvalue weighted by Gasteiger charge is 2.24. The van der Waals surface area contributed by atoms with Crippen molar-refractivity contribution in [3.8, 4) is 11.3 Å². The fraction of sp³-hybridized carbons (Fsp3) is 0.312. The van der Waals surface area contributed by atoms with Crippen LogP contribution >= 0.6 is 0 Å². The highest BCUT2D eigenvalue weighted by Crippen LogP contribution is 2.23. The third-order valence-corrected chi connectivity index (χ3v) is 3.72. The molecule has 1 atom stereocenters. The number of hydrogen-bond acceptors (Lipinski definition) is 3. The molecular weight excluding hydrogens is 282 g/mol. The largest absolute Gasteiger partial charge is 0.480 e. The number of hydrogen-bond donors (Lipinski definition) is 2. The van der Waals surface area contributed by atoms with Crippen molar-refractivity contribution in [2.24, 2.45) is 0 Å². The van der Waals surface area contributed by atoms with Crippen LogP contribution in [-0.4, -0.2) is 45.2 Å². The summed E-state index contributed by atoms with van der Waals surface area (Å²) in [7, 11) is 1.46. The predicted molar refractivity (Wildman–Crippen MR) is 82.7 cm³/mol. The number of nitrogens with zero attached hydrogens (tertiary/aromatic N) is 2. The molecule has 1 heterocycles. The molecule has 0 fully saturated rings. The SMILES string of the molecule is Cc1ccc(-c2cc(C(=O)N(C)C(C)C(=O)O)[nH]n2)c(C)c1. The molecule has 2 N–H and O–H groups in total. The number of rotatable bonds is 4. The molecule has 22 heavy (non-hydrogen) atoms. The molecule has 1 aromatic carbocycles. The molecule has 116 valence electrons. The number of nitrogens with one attached hydrogen (secondary N) is 1. The van der Waals surface area contributed by atoms with Crippen LogP contribution < -0.4 is 0 Å². The number of carbonyl (C=O) groups excluding carboxylic acids is 1. The number of carbonyl (C=O) groups is 2. The zero-order valence-corrected chi connectivity index (χ0v) is 13.0. The second-order valence-electron chi connectivity index (χ2n) is 5.42. The maximum atomic E-state index is 12.3. The van der Waals surface area contributed by atoms with Gasteiger partial charge in [-0.2, -0.15) is 5.10 Å². The van der Waals surface area contributed by atoms with Crippen LogP contribution in [0.1, 0.15) is 28.5 Å². The number of carboxylic acid groups (broad SMARTS) is 1. The summed E-state index contributed by atoms with van der Waals surface area (Å²) < 4.78 is 0. The van der Waals surface area contributed by atoms with Gasteiger partial charge in [-0.3, -0.25) is 9.89 Å². The summed E-state index contributed by atoms with van der Waals surface area (Å²) in [6.45, 7) is 5.46. The van der Waals surface area contributed by atoms with Crippen LogP contribution in [0.15, 0.2) is 24.3 Å². The normalized spacial score (nSPS) is 12.0. The fourth-order valence-corrected chi connectivity index (χ4v) is 2.20. The van der Waals surface area contributed by atoms with Crippen LogP contribution in [0, 0.1) is 13.8 Å². The van der Waals surface area contributed by atoms with E-state index in [9.17, 15) is 9.59 Å². The quantitative estimate of drug-likeness (QED) is 0.906. The number of aromatic nitrogens is 2. The summed E-state index contributed by atoms with van der Waals surface area (Å²) in [6.07, 6.45) is 0. The third-order valence-electron chi connectivity index (χ3n) is 3.72. The molecule has 0 bridgehead atoms. The Morgan fingerprint density at radius 1 is 1.27 bits per heavy atom. The first-order chi connectivity index (χ1) is 10.3. The van der Waals surface area contributed by atoms with E-state index in [2.05, 4.69) is 10.2 Å². The second-order valence-corrected chi connectivity index (χ2v) is 5.42. The summed E-state index contributed by atoms with van der Waals surface area (Å²) in [5, 5.41) is 15.8. The Bertz CT molecular complexity index is 721. The third kappa shape index (κ3) is 3.00. The van der Waals surface area contributed by atoms with E-state index in [1.165, 1.54) is 18.9 Å². The van der Waals surface area contributed by atoms with Crippen molar-refractivity contribution in [1.82, 2.24) is 15.1 Å². The summed E-state index contributed by atoms with van der Waals surface area (Å²) in [5.74, 6) is -1.46. The van der Waals surface area contributed by atoms with Crippen LogP contribution in [0.2, 0.25) is 0 Å². The molecule has 2 aromatic rings. The molecule has 0 saturated heterocycles. The fourth-order valence-electron chi connectivity index (χ4n) is 2.20. The maximum Gasteiger partial charge on any atom is 0.326 e. The number of benzene rings is 1. The van der Waals surface area contributed by atoms with E-state index in [-0.39, 0.29) is 5.69 Å². The molecule has 0 radical (unpaired) electrons. The number of H-pyrrole nitrogens is 1. The van der Waals surface area contributed by atoms with Crippen LogP contribution in [0.4, 0.5) is 0 Å². The van der Waals surface area contributed by atoms with E-state index in [0.717, 1.165) is 16.7 Å². The smallest absolute Gasteiger partial charge is 0.326 e. The molecule has 0 aliphatic rings. The van der Waals surface area contributed by atoms with Crippen molar-refractivity contribution in [1.29, 1.82) is 0 Å². The number of amides is 1. The zero-order chi connectivity index (χ0) is 16.4. The van der Waals surface area contributed by atoms with Gasteiger partial charge in [-0.05, 0) is 32.4 Å². The van der Waals surface area contributed by atoms with E-state index in [4.69, 9.17) is 5.11 Å². The highest BCUT2D eigenvalue weighted by molar-refractivity contribution is 5.95. The Labute approximate surface area is 128 Å². The molecule has 0 spiro atoms. The van der Waals surface area contributed by atoms with E-state index in [0.29, 0.717) is 5.69 Å². The average molecular weight is 301 g/mol. The highest BCUT2D eigenvalue weighted by atomic mass is 16.4. The zero-order valence-electron chi connectivity index (χ0n) is 13.0. The maximum absolute atomic E-state index is 12.3. The summed E-state index contributed by atoms with van der Waals surface area (Å²) in [5.41, 5.74) is 4.10. The molecule has 0 aliphatic carbocycles. The van der Waals surface area contributed by atoms with Gasteiger partial charge < -0.3 is 10.0 Å². The van der Waals surface area contributed by atoms with E-state index < -0.39 is 17.9 Å². The number of likely N-dealkylation sites (N-methyl/N-ethyl adjacent to an activating group) is 1. The number of aryl methyl sites for hydroxylation is 2. The van der Waals surface area contributed by atoms with Gasteiger partial charge in [-0.1, -0.05) is 23.8 Å². The molecule has 1 amide bonds. The van der Waals surface area contributed by atoms with Gasteiger partial charge >= 0.3 is 5.97 Å². The lowest BCUT2D eigenvalue weighted by atomic mass is 10.0. The Balaban J connectivity index is 2.28. The molecule has 6 heteroatoms. The van der Waals surface area contributed by atoms with Gasteiger partial charge in [0.25, 0.3) is 5.91 Å². The van der Waals surface area contributed by atoms with Crippen LogP contribution in [0.3, 0.4) is 0 Å². The minimum Gasteiger partial charge on any atom is -0.480 e. The second kappa shape index (κ2) is 6.01. The predicted octanol–water partition coefficient (Wildman–Crippen LogP) is 2.24. The van der Waals surface area contributed by atoms with Crippen molar-refractivity contribution in [2.75, 3.05) is 7.05 Å². The summed E-state index contributed by atoms with van der Waals surface area (Å²) in [6, 6.07) is 6.73. The first kappa shape index (κ1) is 15.8. The Kier molecular flexibility index (Phi) is 4.30. The Hall–Kier alpha value is -2.63. The monoisotopic (exact) mass is 301 g/mol. The van der Waals surface area contributed by atoms with Gasteiger partial charge in [0.2, 0.25) is 0 Å². The van der Waals surface area contributed by atoms with Gasteiger partial charge in [0, 0.05) is 12.6 Å². The summed E-state index contributed by atoms with van der Waals surface area (Å²) in [4.78, 5) is 24.4. The van der Waals surface area contributed by atoms with E-state index >= 15 is 0 Å². The van der Waals surface area contributed by atoms with Crippen molar-refractivity contribution in [3.05, 3.63) is 41.1 Å². The van der Waals surface area contributed by atoms with Crippen LogP contribution in [-0.2, 0) is 4.79 Å². The number of carboxylic acids is 1.